The summed E-state index contributed by atoms with van der Waals surface area (Å²) < 4.78 is 0. The molecule has 0 bridgehead atoms. The number of aliphatic hydroxyl groups excluding tert-OH is 1. The van der Waals surface area contributed by atoms with Gasteiger partial charge in [-0.1, -0.05) is 25.7 Å². The third kappa shape index (κ3) is 2.86. The van der Waals surface area contributed by atoms with Crippen molar-refractivity contribution in [1.82, 2.24) is 5.32 Å². The van der Waals surface area contributed by atoms with Gasteiger partial charge in [-0.3, -0.25) is 4.79 Å². The molecule has 0 radical (unpaired) electrons. The number of carbonyl (C=O) groups is 1. The molecule has 2 rings (SSSR count). The molecule has 2 aliphatic carbocycles. The van der Waals surface area contributed by atoms with Gasteiger partial charge in [0.1, 0.15) is 0 Å². The van der Waals surface area contributed by atoms with Crippen LogP contribution in [0.2, 0.25) is 0 Å². The van der Waals surface area contributed by atoms with E-state index in [0.717, 1.165) is 38.5 Å². The maximum absolute atomic E-state index is 12.4. The van der Waals surface area contributed by atoms with Crippen molar-refractivity contribution in [2.45, 2.75) is 51.4 Å². The van der Waals surface area contributed by atoms with Gasteiger partial charge in [0.05, 0.1) is 12.0 Å². The summed E-state index contributed by atoms with van der Waals surface area (Å²) in [5.74, 6) is 0.117. The molecule has 2 fully saturated rings. The Balaban J connectivity index is 1.91. The molecule has 2 saturated carbocycles. The van der Waals surface area contributed by atoms with Gasteiger partial charge < -0.3 is 16.2 Å². The van der Waals surface area contributed by atoms with Crippen LogP contribution in [-0.4, -0.2) is 30.7 Å². The van der Waals surface area contributed by atoms with Gasteiger partial charge in [0.15, 0.2) is 0 Å². The molecule has 0 saturated heterocycles. The quantitative estimate of drug-likeness (QED) is 0.645. The number of hydrogen-bond acceptors (Lipinski definition) is 3. The molecule has 18 heavy (non-hydrogen) atoms. The van der Waals surface area contributed by atoms with Crippen LogP contribution in [0, 0.1) is 10.8 Å². The zero-order valence-electron chi connectivity index (χ0n) is 11.2. The maximum Gasteiger partial charge on any atom is 0.227 e. The van der Waals surface area contributed by atoms with Crippen LogP contribution in [0.3, 0.4) is 0 Å². The van der Waals surface area contributed by atoms with E-state index in [2.05, 4.69) is 5.32 Å². The normalized spacial score (nSPS) is 25.2. The van der Waals surface area contributed by atoms with Crippen LogP contribution in [0.5, 0.6) is 0 Å². The molecule has 0 heterocycles. The lowest BCUT2D eigenvalue weighted by molar-refractivity contribution is -0.131. The highest BCUT2D eigenvalue weighted by atomic mass is 16.3. The van der Waals surface area contributed by atoms with E-state index < -0.39 is 0 Å². The average molecular weight is 254 g/mol. The molecule has 104 valence electrons. The van der Waals surface area contributed by atoms with E-state index in [9.17, 15) is 9.90 Å². The number of nitrogens with two attached hydrogens (primary N) is 1. The topological polar surface area (TPSA) is 75.4 Å². The lowest BCUT2D eigenvalue weighted by atomic mass is 9.79. The fourth-order valence-electron chi connectivity index (χ4n) is 2.95. The van der Waals surface area contributed by atoms with E-state index in [1.54, 1.807) is 0 Å². The minimum absolute atomic E-state index is 0.0177. The minimum atomic E-state index is -0.345. The number of carbonyl (C=O) groups excluding carboxylic acids is 1. The lowest BCUT2D eigenvalue weighted by Gasteiger charge is -2.30. The van der Waals surface area contributed by atoms with E-state index in [0.29, 0.717) is 13.1 Å². The van der Waals surface area contributed by atoms with E-state index in [4.69, 9.17) is 5.73 Å². The Morgan fingerprint density at radius 1 is 1.11 bits per heavy atom. The Kier molecular flexibility index (Phi) is 4.28. The molecule has 2 aliphatic rings. The van der Waals surface area contributed by atoms with E-state index in [-0.39, 0.29) is 23.3 Å². The number of rotatable bonds is 5. The smallest absolute Gasteiger partial charge is 0.227 e. The number of nitrogens with one attached hydrogen (secondary N) is 1. The van der Waals surface area contributed by atoms with Gasteiger partial charge in [0.2, 0.25) is 5.91 Å². The van der Waals surface area contributed by atoms with Crippen molar-refractivity contribution in [2.24, 2.45) is 16.6 Å². The molecule has 0 aliphatic heterocycles. The molecule has 0 aromatic rings. The Morgan fingerprint density at radius 2 is 1.72 bits per heavy atom. The van der Waals surface area contributed by atoms with Crippen molar-refractivity contribution in [3.63, 3.8) is 0 Å². The minimum Gasteiger partial charge on any atom is -0.396 e. The summed E-state index contributed by atoms with van der Waals surface area (Å²) in [5, 5.41) is 12.3. The Morgan fingerprint density at radius 3 is 2.17 bits per heavy atom. The second-order valence-corrected chi connectivity index (χ2v) is 6.24. The van der Waals surface area contributed by atoms with Crippen LogP contribution >= 0.6 is 0 Å². The standard InChI is InChI=1S/C14H26N2O2/c15-9-14(5-3-1-2-4-6-14)12(18)16-10-13(11-17)7-8-13/h17H,1-11,15H2,(H,16,18). The van der Waals surface area contributed by atoms with Crippen molar-refractivity contribution in [3.8, 4) is 0 Å². The first-order valence-corrected chi connectivity index (χ1v) is 7.26. The van der Waals surface area contributed by atoms with Crippen LogP contribution < -0.4 is 11.1 Å². The zero-order valence-corrected chi connectivity index (χ0v) is 11.2. The van der Waals surface area contributed by atoms with Crippen molar-refractivity contribution >= 4 is 5.91 Å². The fourth-order valence-corrected chi connectivity index (χ4v) is 2.95. The third-order valence-electron chi connectivity index (χ3n) is 4.85. The highest BCUT2D eigenvalue weighted by Gasteiger charge is 2.44. The molecule has 4 heteroatoms. The predicted molar refractivity (Wildman–Crippen MR) is 71.0 cm³/mol. The SMILES string of the molecule is NCC1(C(=O)NCC2(CO)CC2)CCCCCC1. The zero-order chi connectivity index (χ0) is 13.1. The van der Waals surface area contributed by atoms with Gasteiger partial charge in [-0.05, 0) is 25.7 Å². The molecule has 1 amide bonds. The Hall–Kier alpha value is -0.610. The molecule has 0 aromatic heterocycles. The highest BCUT2D eigenvalue weighted by molar-refractivity contribution is 5.83. The van der Waals surface area contributed by atoms with Gasteiger partial charge in [0.25, 0.3) is 0 Å². The second kappa shape index (κ2) is 5.57. The molecule has 0 aromatic carbocycles. The van der Waals surface area contributed by atoms with Crippen molar-refractivity contribution in [3.05, 3.63) is 0 Å². The van der Waals surface area contributed by atoms with Crippen molar-refractivity contribution in [2.75, 3.05) is 19.7 Å². The third-order valence-corrected chi connectivity index (χ3v) is 4.85. The van der Waals surface area contributed by atoms with E-state index in [1.807, 2.05) is 0 Å². The van der Waals surface area contributed by atoms with Gasteiger partial charge in [-0.25, -0.2) is 0 Å². The lowest BCUT2D eigenvalue weighted by Crippen LogP contribution is -2.47. The summed E-state index contributed by atoms with van der Waals surface area (Å²) in [6.07, 6.45) is 8.54. The highest BCUT2D eigenvalue weighted by Crippen LogP contribution is 2.44. The van der Waals surface area contributed by atoms with Crippen LogP contribution in [0.4, 0.5) is 0 Å². The molecule has 4 nitrogen and oxygen atoms in total. The van der Waals surface area contributed by atoms with Crippen molar-refractivity contribution in [1.29, 1.82) is 0 Å². The second-order valence-electron chi connectivity index (χ2n) is 6.24. The van der Waals surface area contributed by atoms with Gasteiger partial charge in [0, 0.05) is 18.5 Å². The van der Waals surface area contributed by atoms with E-state index >= 15 is 0 Å². The number of aliphatic hydroxyl groups is 1. The molecule has 0 atom stereocenters. The molecule has 4 N–H and O–H groups in total. The van der Waals surface area contributed by atoms with E-state index in [1.165, 1.54) is 12.8 Å². The summed E-state index contributed by atoms with van der Waals surface area (Å²) in [7, 11) is 0. The van der Waals surface area contributed by atoms with Crippen LogP contribution in [0.25, 0.3) is 0 Å². The number of amides is 1. The summed E-state index contributed by atoms with van der Waals surface area (Å²) in [4.78, 5) is 12.4. The van der Waals surface area contributed by atoms with Crippen molar-refractivity contribution < 1.29 is 9.90 Å². The number of hydrogen-bond donors (Lipinski definition) is 3. The van der Waals surface area contributed by atoms with Gasteiger partial charge in [-0.2, -0.15) is 0 Å². The monoisotopic (exact) mass is 254 g/mol. The molecular weight excluding hydrogens is 228 g/mol. The average Bonchev–Trinajstić information content (AvgIpc) is 3.20. The molecule has 0 spiro atoms. The first-order valence-electron chi connectivity index (χ1n) is 7.26. The summed E-state index contributed by atoms with van der Waals surface area (Å²) >= 11 is 0. The molecular formula is C14H26N2O2. The summed E-state index contributed by atoms with van der Waals surface area (Å²) in [6.45, 7) is 1.25. The largest absolute Gasteiger partial charge is 0.396 e. The summed E-state index contributed by atoms with van der Waals surface area (Å²) in [6, 6.07) is 0. The maximum atomic E-state index is 12.4. The van der Waals surface area contributed by atoms with Crippen LogP contribution in [0.15, 0.2) is 0 Å². The Bertz CT molecular complexity index is 292. The Labute approximate surface area is 109 Å². The summed E-state index contributed by atoms with van der Waals surface area (Å²) in [5.41, 5.74) is 5.52. The molecule has 0 unspecified atom stereocenters. The first-order chi connectivity index (χ1) is 8.66. The fraction of sp³-hybridized carbons (Fsp3) is 0.929. The van der Waals surface area contributed by atoms with Gasteiger partial charge >= 0.3 is 0 Å². The van der Waals surface area contributed by atoms with Crippen LogP contribution in [-0.2, 0) is 4.79 Å². The predicted octanol–water partition coefficient (Wildman–Crippen LogP) is 1.17. The first kappa shape index (κ1) is 13.8. The van der Waals surface area contributed by atoms with Gasteiger partial charge in [-0.15, -0.1) is 0 Å². The van der Waals surface area contributed by atoms with Crippen LogP contribution in [0.1, 0.15) is 51.4 Å².